The molecule has 2 rings (SSSR count). The lowest BCUT2D eigenvalue weighted by Gasteiger charge is -2.09. The Balaban J connectivity index is 2.27. The molecule has 2 aromatic rings. The summed E-state index contributed by atoms with van der Waals surface area (Å²) in [5.41, 5.74) is 0.676. The highest BCUT2D eigenvalue weighted by molar-refractivity contribution is 5.49. The van der Waals surface area contributed by atoms with Crippen LogP contribution in [0.15, 0.2) is 36.4 Å². The molecular formula is C15H12FNO3. The third-order valence-corrected chi connectivity index (χ3v) is 2.38. The third kappa shape index (κ3) is 3.46. The number of rotatable bonds is 3. The number of aliphatic hydroxyl groups is 1. The molecule has 1 aromatic carbocycles. The lowest BCUT2D eigenvalue weighted by atomic mass is 10.2. The second-order valence-electron chi connectivity index (χ2n) is 3.73. The van der Waals surface area contributed by atoms with Gasteiger partial charge in [-0.3, -0.25) is 0 Å². The fourth-order valence-corrected chi connectivity index (χ4v) is 1.53. The Bertz CT molecular complexity index is 662. The van der Waals surface area contributed by atoms with Crippen LogP contribution in [0.5, 0.6) is 17.4 Å². The van der Waals surface area contributed by atoms with E-state index in [4.69, 9.17) is 14.6 Å². The number of nitrogens with zero attached hydrogens (tertiary/aromatic N) is 1. The zero-order chi connectivity index (χ0) is 14.4. The van der Waals surface area contributed by atoms with E-state index < -0.39 is 5.95 Å². The van der Waals surface area contributed by atoms with Crippen molar-refractivity contribution in [2.24, 2.45) is 0 Å². The van der Waals surface area contributed by atoms with E-state index in [-0.39, 0.29) is 12.5 Å². The van der Waals surface area contributed by atoms with Crippen LogP contribution in [0.4, 0.5) is 4.39 Å². The van der Waals surface area contributed by atoms with Gasteiger partial charge in [0.25, 0.3) is 0 Å². The second kappa shape index (κ2) is 6.55. The average molecular weight is 273 g/mol. The van der Waals surface area contributed by atoms with Gasteiger partial charge in [0.05, 0.1) is 7.11 Å². The van der Waals surface area contributed by atoms with Gasteiger partial charge in [-0.05, 0) is 24.3 Å². The number of hydrogen-bond acceptors (Lipinski definition) is 4. The molecule has 0 unspecified atom stereocenters. The highest BCUT2D eigenvalue weighted by Gasteiger charge is 2.07. The molecule has 102 valence electrons. The fraction of sp³-hybridized carbons (Fsp3) is 0.133. The highest BCUT2D eigenvalue weighted by atomic mass is 19.1. The summed E-state index contributed by atoms with van der Waals surface area (Å²) in [6.45, 7) is -0.215. The molecule has 20 heavy (non-hydrogen) atoms. The first-order valence-electron chi connectivity index (χ1n) is 5.81. The minimum atomic E-state index is -0.619. The molecule has 0 bridgehead atoms. The molecule has 0 spiro atoms. The van der Waals surface area contributed by atoms with Crippen LogP contribution in [0.1, 0.15) is 5.56 Å². The summed E-state index contributed by atoms with van der Waals surface area (Å²) >= 11 is 0. The molecule has 4 nitrogen and oxygen atoms in total. The number of aromatic nitrogens is 1. The summed E-state index contributed by atoms with van der Waals surface area (Å²) < 4.78 is 23.7. The predicted molar refractivity (Wildman–Crippen MR) is 71.2 cm³/mol. The zero-order valence-corrected chi connectivity index (χ0v) is 10.8. The molecule has 1 heterocycles. The maximum atomic E-state index is 13.0. The van der Waals surface area contributed by atoms with E-state index in [9.17, 15) is 4.39 Å². The van der Waals surface area contributed by atoms with Crippen molar-refractivity contribution in [3.63, 3.8) is 0 Å². The number of methoxy groups -OCH3 is 1. The summed E-state index contributed by atoms with van der Waals surface area (Å²) in [7, 11) is 1.49. The normalized spacial score (nSPS) is 9.55. The summed E-state index contributed by atoms with van der Waals surface area (Å²) in [5.74, 6) is 5.66. The number of benzene rings is 1. The van der Waals surface area contributed by atoms with E-state index in [2.05, 4.69) is 16.8 Å². The molecule has 0 aliphatic carbocycles. The van der Waals surface area contributed by atoms with Crippen molar-refractivity contribution in [1.29, 1.82) is 0 Å². The van der Waals surface area contributed by atoms with Gasteiger partial charge >= 0.3 is 0 Å². The van der Waals surface area contributed by atoms with Gasteiger partial charge in [-0.15, -0.1) is 0 Å². The zero-order valence-electron chi connectivity index (χ0n) is 10.8. The van der Waals surface area contributed by atoms with Gasteiger partial charge in [0.2, 0.25) is 11.8 Å². The Morgan fingerprint density at radius 2 is 2.10 bits per heavy atom. The molecule has 0 atom stereocenters. The Kier molecular flexibility index (Phi) is 4.53. The summed E-state index contributed by atoms with van der Waals surface area (Å²) in [6.07, 6.45) is 0. The number of hydrogen-bond donors (Lipinski definition) is 1. The second-order valence-corrected chi connectivity index (χ2v) is 3.73. The van der Waals surface area contributed by atoms with Crippen LogP contribution >= 0.6 is 0 Å². The van der Waals surface area contributed by atoms with Crippen LogP contribution in [0.25, 0.3) is 0 Å². The van der Waals surface area contributed by atoms with E-state index >= 15 is 0 Å². The van der Waals surface area contributed by atoms with Gasteiger partial charge in [-0.25, -0.2) is 0 Å². The number of pyridine rings is 1. The Morgan fingerprint density at radius 1 is 1.25 bits per heavy atom. The average Bonchev–Trinajstić information content (AvgIpc) is 2.46. The minimum absolute atomic E-state index is 0.137. The van der Waals surface area contributed by atoms with E-state index in [1.54, 1.807) is 24.3 Å². The number of halogens is 1. The molecule has 0 amide bonds. The van der Waals surface area contributed by atoms with Crippen molar-refractivity contribution in [1.82, 2.24) is 4.98 Å². The highest BCUT2D eigenvalue weighted by Crippen LogP contribution is 2.31. The molecule has 0 fully saturated rings. The Labute approximate surface area is 115 Å². The number of ether oxygens (including phenoxy) is 2. The molecule has 0 radical (unpaired) electrons. The van der Waals surface area contributed by atoms with Gasteiger partial charge in [-0.2, -0.15) is 9.37 Å². The minimum Gasteiger partial charge on any atom is -0.493 e. The van der Waals surface area contributed by atoms with Crippen LogP contribution in [0.2, 0.25) is 0 Å². The maximum absolute atomic E-state index is 13.0. The van der Waals surface area contributed by atoms with Gasteiger partial charge in [0, 0.05) is 11.6 Å². The predicted octanol–water partition coefficient (Wildman–Crippen LogP) is 2.37. The van der Waals surface area contributed by atoms with E-state index in [1.165, 1.54) is 19.2 Å². The molecule has 0 saturated heterocycles. The summed E-state index contributed by atoms with van der Waals surface area (Å²) in [4.78, 5) is 3.61. The molecular weight excluding hydrogens is 261 g/mol. The molecule has 1 aromatic heterocycles. The first kappa shape index (κ1) is 13.8. The van der Waals surface area contributed by atoms with Crippen LogP contribution in [-0.2, 0) is 0 Å². The van der Waals surface area contributed by atoms with Crippen molar-refractivity contribution in [2.45, 2.75) is 0 Å². The summed E-state index contributed by atoms with van der Waals surface area (Å²) in [5, 5.41) is 8.66. The van der Waals surface area contributed by atoms with Crippen molar-refractivity contribution in [3.05, 3.63) is 47.9 Å². The summed E-state index contributed by atoms with van der Waals surface area (Å²) in [6, 6.07) is 9.30. The van der Waals surface area contributed by atoms with Crippen molar-refractivity contribution >= 4 is 0 Å². The van der Waals surface area contributed by atoms with Gasteiger partial charge in [0.1, 0.15) is 6.61 Å². The van der Waals surface area contributed by atoms with E-state index in [0.29, 0.717) is 17.1 Å². The molecule has 0 saturated carbocycles. The van der Waals surface area contributed by atoms with Crippen molar-refractivity contribution < 1.29 is 19.0 Å². The number of aliphatic hydroxyl groups excluding tert-OH is 1. The standard InChI is InChI=1S/C15H12FNO3/c1-19-13-10-11(4-3-9-18)7-8-12(13)20-15-6-2-5-14(16)17-15/h2,5-8,10,18H,9H2,1H3. The molecule has 0 aliphatic heterocycles. The van der Waals surface area contributed by atoms with Crippen LogP contribution in [-0.4, -0.2) is 23.8 Å². The quantitative estimate of drug-likeness (QED) is 0.689. The lowest BCUT2D eigenvalue weighted by Crippen LogP contribution is -1.94. The van der Waals surface area contributed by atoms with Gasteiger partial charge < -0.3 is 14.6 Å². The molecule has 5 heteroatoms. The SMILES string of the molecule is COc1cc(C#CCO)ccc1Oc1cccc(F)n1. The Hall–Kier alpha value is -2.58. The van der Waals surface area contributed by atoms with Gasteiger partial charge in [-0.1, -0.05) is 17.9 Å². The smallest absolute Gasteiger partial charge is 0.222 e. The molecule has 1 N–H and O–H groups in total. The van der Waals surface area contributed by atoms with Crippen molar-refractivity contribution in [2.75, 3.05) is 13.7 Å². The largest absolute Gasteiger partial charge is 0.493 e. The third-order valence-electron chi connectivity index (χ3n) is 2.38. The monoisotopic (exact) mass is 273 g/mol. The van der Waals surface area contributed by atoms with Crippen molar-refractivity contribution in [3.8, 4) is 29.2 Å². The van der Waals surface area contributed by atoms with Crippen LogP contribution < -0.4 is 9.47 Å². The van der Waals surface area contributed by atoms with Gasteiger partial charge in [0.15, 0.2) is 11.5 Å². The first-order chi connectivity index (χ1) is 9.72. The molecule has 0 aliphatic rings. The van der Waals surface area contributed by atoms with E-state index in [1.807, 2.05) is 0 Å². The Morgan fingerprint density at radius 3 is 2.80 bits per heavy atom. The van der Waals surface area contributed by atoms with Crippen LogP contribution in [0, 0.1) is 17.8 Å². The maximum Gasteiger partial charge on any atom is 0.222 e. The topological polar surface area (TPSA) is 51.6 Å². The van der Waals surface area contributed by atoms with E-state index in [0.717, 1.165) is 0 Å². The van der Waals surface area contributed by atoms with Crippen LogP contribution in [0.3, 0.4) is 0 Å². The lowest BCUT2D eigenvalue weighted by molar-refractivity contribution is 0.350. The first-order valence-corrected chi connectivity index (χ1v) is 5.81. The fourth-order valence-electron chi connectivity index (χ4n) is 1.53.